The van der Waals surface area contributed by atoms with Crippen LogP contribution in [0, 0.1) is 0 Å². The Hall–Kier alpha value is -3.13. The summed E-state index contributed by atoms with van der Waals surface area (Å²) in [4.78, 5) is 12.7. The van der Waals surface area contributed by atoms with Crippen LogP contribution in [0.4, 0.5) is 5.69 Å². The summed E-state index contributed by atoms with van der Waals surface area (Å²) in [6.07, 6.45) is 3.41. The number of anilines is 1. The minimum atomic E-state index is -0.303. The van der Waals surface area contributed by atoms with E-state index in [1.807, 2.05) is 6.92 Å². The molecular formula is C20H22ClN5O3. The lowest BCUT2D eigenvalue weighted by Gasteiger charge is -2.15. The summed E-state index contributed by atoms with van der Waals surface area (Å²) in [6.45, 7) is 4.92. The van der Waals surface area contributed by atoms with Crippen LogP contribution in [-0.4, -0.2) is 39.3 Å². The Kier molecular flexibility index (Phi) is 7.02. The number of nitrogens with zero attached hydrogens (tertiary/aromatic N) is 4. The summed E-state index contributed by atoms with van der Waals surface area (Å²) in [5.41, 5.74) is 1.79. The van der Waals surface area contributed by atoms with Crippen molar-refractivity contribution in [2.75, 3.05) is 18.5 Å². The Balaban J connectivity index is 1.76. The van der Waals surface area contributed by atoms with E-state index in [1.165, 1.54) is 11.0 Å². The molecule has 8 nitrogen and oxygen atoms in total. The molecule has 9 heteroatoms. The van der Waals surface area contributed by atoms with Crippen molar-refractivity contribution < 1.29 is 14.3 Å². The second-order valence-corrected chi connectivity index (χ2v) is 6.58. The Morgan fingerprint density at radius 2 is 1.97 bits per heavy atom. The fourth-order valence-corrected chi connectivity index (χ4v) is 2.87. The molecule has 3 rings (SSSR count). The molecule has 0 saturated heterocycles. The standard InChI is InChI=1S/C20H22ClN5O3/c1-3-5-10-29-19-17(21)11-14(12-18(19)28-4-2)20(27)23-15-6-8-16(9-7-15)26-13-22-24-25-26/h6-9,11-13H,3-5,10H2,1-2H3,(H,23,27). The average Bonchev–Trinajstić information content (AvgIpc) is 3.25. The lowest BCUT2D eigenvalue weighted by atomic mass is 10.1. The second kappa shape index (κ2) is 9.88. The quantitative estimate of drug-likeness (QED) is 0.528. The molecule has 1 amide bonds. The number of ether oxygens (including phenoxy) is 2. The highest BCUT2D eigenvalue weighted by Gasteiger charge is 2.16. The Labute approximate surface area is 173 Å². The van der Waals surface area contributed by atoms with Gasteiger partial charge in [-0.25, -0.2) is 4.68 Å². The molecule has 3 aromatic rings. The number of carbonyl (C=O) groups is 1. The Morgan fingerprint density at radius 3 is 2.62 bits per heavy atom. The van der Waals surface area contributed by atoms with Gasteiger partial charge in [-0.1, -0.05) is 24.9 Å². The van der Waals surface area contributed by atoms with Gasteiger partial charge < -0.3 is 14.8 Å². The maximum absolute atomic E-state index is 12.7. The lowest BCUT2D eigenvalue weighted by Crippen LogP contribution is -2.13. The van der Waals surface area contributed by atoms with E-state index in [1.54, 1.807) is 36.4 Å². The number of tetrazole rings is 1. The number of hydrogen-bond donors (Lipinski definition) is 1. The Bertz CT molecular complexity index is 946. The first-order chi connectivity index (χ1) is 14.1. The first kappa shape index (κ1) is 20.6. The van der Waals surface area contributed by atoms with Crippen LogP contribution in [0.15, 0.2) is 42.7 Å². The van der Waals surface area contributed by atoms with Gasteiger partial charge in [-0.05, 0) is 60.2 Å². The molecule has 0 radical (unpaired) electrons. The van der Waals surface area contributed by atoms with Crippen molar-refractivity contribution in [2.45, 2.75) is 26.7 Å². The maximum Gasteiger partial charge on any atom is 0.255 e. The van der Waals surface area contributed by atoms with Crippen LogP contribution in [0.2, 0.25) is 5.02 Å². The van der Waals surface area contributed by atoms with Crippen LogP contribution < -0.4 is 14.8 Å². The zero-order valence-electron chi connectivity index (χ0n) is 16.3. The summed E-state index contributed by atoms with van der Waals surface area (Å²) in [5, 5.41) is 14.2. The van der Waals surface area contributed by atoms with Crippen molar-refractivity contribution >= 4 is 23.2 Å². The lowest BCUT2D eigenvalue weighted by molar-refractivity contribution is 0.102. The summed E-state index contributed by atoms with van der Waals surface area (Å²) in [5.74, 6) is 0.614. The smallest absolute Gasteiger partial charge is 0.255 e. The fourth-order valence-electron chi connectivity index (χ4n) is 2.60. The second-order valence-electron chi connectivity index (χ2n) is 6.18. The topological polar surface area (TPSA) is 91.2 Å². The summed E-state index contributed by atoms with van der Waals surface area (Å²) in [6, 6.07) is 10.4. The van der Waals surface area contributed by atoms with Gasteiger partial charge in [0.2, 0.25) is 0 Å². The molecule has 0 fully saturated rings. The fraction of sp³-hybridized carbons (Fsp3) is 0.300. The number of hydrogen-bond acceptors (Lipinski definition) is 6. The molecule has 0 bridgehead atoms. The SMILES string of the molecule is CCCCOc1c(Cl)cc(C(=O)Nc2ccc(-n3cnnn3)cc2)cc1OCC. The zero-order valence-corrected chi connectivity index (χ0v) is 17.0. The monoisotopic (exact) mass is 415 g/mol. The van der Waals surface area contributed by atoms with Gasteiger partial charge in [0.1, 0.15) is 6.33 Å². The van der Waals surface area contributed by atoms with Crippen molar-refractivity contribution in [1.82, 2.24) is 20.2 Å². The molecule has 1 heterocycles. The average molecular weight is 416 g/mol. The first-order valence-corrected chi connectivity index (χ1v) is 9.74. The van der Waals surface area contributed by atoms with Crippen molar-refractivity contribution in [3.8, 4) is 17.2 Å². The summed E-state index contributed by atoms with van der Waals surface area (Å²) in [7, 11) is 0. The molecular weight excluding hydrogens is 394 g/mol. The van der Waals surface area contributed by atoms with Gasteiger partial charge in [-0.2, -0.15) is 0 Å². The van der Waals surface area contributed by atoms with E-state index < -0.39 is 0 Å². The van der Waals surface area contributed by atoms with Crippen LogP contribution in [-0.2, 0) is 0 Å². The molecule has 0 aliphatic carbocycles. The number of benzene rings is 2. The van der Waals surface area contributed by atoms with Crippen molar-refractivity contribution in [3.63, 3.8) is 0 Å². The summed E-state index contributed by atoms with van der Waals surface area (Å²) >= 11 is 6.37. The largest absolute Gasteiger partial charge is 0.490 e. The molecule has 1 N–H and O–H groups in total. The highest BCUT2D eigenvalue weighted by atomic mass is 35.5. The van der Waals surface area contributed by atoms with Gasteiger partial charge >= 0.3 is 0 Å². The zero-order chi connectivity index (χ0) is 20.6. The van der Waals surface area contributed by atoms with Crippen LogP contribution >= 0.6 is 11.6 Å². The Morgan fingerprint density at radius 1 is 1.17 bits per heavy atom. The number of amides is 1. The number of halogens is 1. The van der Waals surface area contributed by atoms with Gasteiger partial charge in [0, 0.05) is 11.3 Å². The number of unbranched alkanes of at least 4 members (excludes halogenated alkanes) is 1. The van der Waals surface area contributed by atoms with Crippen molar-refractivity contribution in [2.24, 2.45) is 0 Å². The van der Waals surface area contributed by atoms with E-state index in [0.29, 0.717) is 41.0 Å². The van der Waals surface area contributed by atoms with Crippen LogP contribution in [0.1, 0.15) is 37.0 Å². The van der Waals surface area contributed by atoms with Crippen LogP contribution in [0.5, 0.6) is 11.5 Å². The molecule has 0 aliphatic rings. The van der Waals surface area contributed by atoms with E-state index in [2.05, 4.69) is 27.8 Å². The molecule has 0 atom stereocenters. The van der Waals surface area contributed by atoms with Crippen LogP contribution in [0.3, 0.4) is 0 Å². The number of rotatable bonds is 9. The minimum Gasteiger partial charge on any atom is -0.490 e. The van der Waals surface area contributed by atoms with E-state index in [4.69, 9.17) is 21.1 Å². The number of aromatic nitrogens is 4. The molecule has 2 aromatic carbocycles. The molecule has 0 spiro atoms. The van der Waals surface area contributed by atoms with Gasteiger partial charge in [0.25, 0.3) is 5.91 Å². The highest BCUT2D eigenvalue weighted by Crippen LogP contribution is 2.37. The molecule has 0 saturated carbocycles. The van der Waals surface area contributed by atoms with E-state index >= 15 is 0 Å². The first-order valence-electron chi connectivity index (χ1n) is 9.36. The third-order valence-electron chi connectivity index (χ3n) is 4.05. The van der Waals surface area contributed by atoms with Crippen molar-refractivity contribution in [1.29, 1.82) is 0 Å². The molecule has 0 aliphatic heterocycles. The van der Waals surface area contributed by atoms with Gasteiger partial charge in [-0.3, -0.25) is 4.79 Å². The predicted octanol–water partition coefficient (Wildman–Crippen LogP) is 4.15. The third-order valence-corrected chi connectivity index (χ3v) is 4.34. The number of nitrogens with one attached hydrogen (secondary N) is 1. The van der Waals surface area contributed by atoms with Crippen molar-refractivity contribution in [3.05, 3.63) is 53.3 Å². The molecule has 152 valence electrons. The predicted molar refractivity (Wildman–Crippen MR) is 110 cm³/mol. The minimum absolute atomic E-state index is 0.303. The third kappa shape index (κ3) is 5.23. The van der Waals surface area contributed by atoms with Gasteiger partial charge in [-0.15, -0.1) is 5.10 Å². The molecule has 0 unspecified atom stereocenters. The normalized spacial score (nSPS) is 10.6. The van der Waals surface area contributed by atoms with Gasteiger partial charge in [0.15, 0.2) is 11.5 Å². The van der Waals surface area contributed by atoms with Crippen LogP contribution in [0.25, 0.3) is 5.69 Å². The molecule has 29 heavy (non-hydrogen) atoms. The number of carbonyl (C=O) groups excluding carboxylic acids is 1. The molecule has 1 aromatic heterocycles. The maximum atomic E-state index is 12.7. The van der Waals surface area contributed by atoms with E-state index in [9.17, 15) is 4.79 Å². The highest BCUT2D eigenvalue weighted by molar-refractivity contribution is 6.32. The summed E-state index contributed by atoms with van der Waals surface area (Å²) < 4.78 is 12.9. The van der Waals surface area contributed by atoms with E-state index in [0.717, 1.165) is 18.5 Å². The van der Waals surface area contributed by atoms with Gasteiger partial charge in [0.05, 0.1) is 23.9 Å². The van der Waals surface area contributed by atoms with E-state index in [-0.39, 0.29) is 5.91 Å².